The average Bonchev–Trinajstić information content (AvgIpc) is 2.63. The summed E-state index contributed by atoms with van der Waals surface area (Å²) in [7, 11) is 5.07. The number of carbonyl (C=O) groups is 1. The first-order valence-corrected chi connectivity index (χ1v) is 8.22. The first kappa shape index (κ1) is 20.5. The van der Waals surface area contributed by atoms with Crippen LogP contribution in [0.15, 0.2) is 29.1 Å². The molecule has 1 unspecified atom stereocenters. The fraction of sp³-hybridized carbons (Fsp3) is 0.389. The molecule has 8 nitrogen and oxygen atoms in total. The van der Waals surface area contributed by atoms with E-state index in [0.29, 0.717) is 5.56 Å². The van der Waals surface area contributed by atoms with Gasteiger partial charge in [0.05, 0.1) is 12.1 Å². The molecule has 3 N–H and O–H groups in total. The number of nitrogens with one attached hydrogen (secondary N) is 2. The number of carbonyl (C=O) groups excluding carboxylic acids is 1. The molecule has 0 fully saturated rings. The summed E-state index contributed by atoms with van der Waals surface area (Å²) in [5.41, 5.74) is -1.38. The van der Waals surface area contributed by atoms with E-state index in [1.54, 1.807) is 25.9 Å². The maximum Gasteiger partial charge on any atom is 0.293 e. The molecule has 1 amide bonds. The van der Waals surface area contributed by atoms with Crippen molar-refractivity contribution in [3.63, 3.8) is 0 Å². The standard InChI is InChI=1S/C18H23FN4O4/c1-18(10-27-4,23(2)3)17-21-13(14(24)16(26)22-17)15(25)20-9-11-5-7-12(19)8-6-11/h5-8,24H,9-10H2,1-4H3,(H,20,25)(H,21,22,26). The summed E-state index contributed by atoms with van der Waals surface area (Å²) >= 11 is 0. The lowest BCUT2D eigenvalue weighted by atomic mass is 10.0. The van der Waals surface area contributed by atoms with Crippen LogP contribution >= 0.6 is 0 Å². The van der Waals surface area contributed by atoms with E-state index in [0.717, 1.165) is 0 Å². The van der Waals surface area contributed by atoms with Crippen LogP contribution in [-0.2, 0) is 16.8 Å². The SMILES string of the molecule is COCC(C)(c1nc(C(=O)NCc2ccc(F)cc2)c(O)c(=O)[nH]1)N(C)C. The highest BCUT2D eigenvalue weighted by atomic mass is 19.1. The monoisotopic (exact) mass is 378 g/mol. The minimum atomic E-state index is -0.826. The predicted molar refractivity (Wildman–Crippen MR) is 97.0 cm³/mol. The summed E-state index contributed by atoms with van der Waals surface area (Å²) in [5, 5.41) is 12.6. The average molecular weight is 378 g/mol. The first-order chi connectivity index (χ1) is 12.7. The van der Waals surface area contributed by atoms with Gasteiger partial charge in [-0.2, -0.15) is 0 Å². The number of aromatic hydroxyl groups is 1. The van der Waals surface area contributed by atoms with E-state index >= 15 is 0 Å². The van der Waals surface area contributed by atoms with Crippen LogP contribution in [0.2, 0.25) is 0 Å². The summed E-state index contributed by atoms with van der Waals surface area (Å²) in [5.74, 6) is -1.69. The highest BCUT2D eigenvalue weighted by molar-refractivity contribution is 5.94. The predicted octanol–water partition coefficient (Wildman–Crippen LogP) is 0.968. The number of methoxy groups -OCH3 is 1. The highest BCUT2D eigenvalue weighted by Crippen LogP contribution is 2.24. The maximum absolute atomic E-state index is 12.9. The molecular formula is C18H23FN4O4. The molecule has 0 saturated carbocycles. The Kier molecular flexibility index (Phi) is 6.29. The van der Waals surface area contributed by atoms with Gasteiger partial charge in [0.15, 0.2) is 5.69 Å². The number of ether oxygens (including phenoxy) is 1. The third-order valence-electron chi connectivity index (χ3n) is 4.40. The molecule has 146 valence electrons. The molecule has 27 heavy (non-hydrogen) atoms. The van der Waals surface area contributed by atoms with Gasteiger partial charge in [-0.15, -0.1) is 0 Å². The fourth-order valence-corrected chi connectivity index (χ4v) is 2.44. The summed E-state index contributed by atoms with van der Waals surface area (Å²) in [6.45, 7) is 2.07. The molecule has 0 aliphatic heterocycles. The Labute approximate surface area is 156 Å². The van der Waals surface area contributed by atoms with Crippen LogP contribution in [0, 0.1) is 5.82 Å². The van der Waals surface area contributed by atoms with E-state index in [2.05, 4.69) is 15.3 Å². The van der Waals surface area contributed by atoms with Crippen LogP contribution in [0.4, 0.5) is 4.39 Å². The van der Waals surface area contributed by atoms with E-state index in [9.17, 15) is 19.1 Å². The third-order valence-corrected chi connectivity index (χ3v) is 4.40. The number of hydrogen-bond donors (Lipinski definition) is 3. The molecule has 1 aromatic carbocycles. The number of hydrogen-bond acceptors (Lipinski definition) is 6. The minimum Gasteiger partial charge on any atom is -0.501 e. The molecule has 2 rings (SSSR count). The van der Waals surface area contributed by atoms with Crippen LogP contribution in [-0.4, -0.2) is 53.7 Å². The highest BCUT2D eigenvalue weighted by Gasteiger charge is 2.34. The Morgan fingerprint density at radius 3 is 2.56 bits per heavy atom. The lowest BCUT2D eigenvalue weighted by Crippen LogP contribution is -2.45. The Morgan fingerprint density at radius 2 is 2.00 bits per heavy atom. The van der Waals surface area contributed by atoms with Crippen molar-refractivity contribution in [1.82, 2.24) is 20.2 Å². The number of aromatic nitrogens is 2. The number of amides is 1. The second-order valence-electron chi connectivity index (χ2n) is 6.52. The molecule has 0 radical (unpaired) electrons. The first-order valence-electron chi connectivity index (χ1n) is 8.22. The van der Waals surface area contributed by atoms with Gasteiger partial charge in [-0.1, -0.05) is 12.1 Å². The fourth-order valence-electron chi connectivity index (χ4n) is 2.44. The number of rotatable bonds is 7. The van der Waals surface area contributed by atoms with Gasteiger partial charge >= 0.3 is 0 Å². The molecule has 0 aliphatic rings. The van der Waals surface area contributed by atoms with Gasteiger partial charge in [0, 0.05) is 13.7 Å². The third kappa shape index (κ3) is 4.50. The lowest BCUT2D eigenvalue weighted by Gasteiger charge is -2.34. The molecule has 2 aromatic rings. The van der Waals surface area contributed by atoms with Crippen LogP contribution in [0.3, 0.4) is 0 Å². The van der Waals surface area contributed by atoms with Crippen molar-refractivity contribution in [2.75, 3.05) is 27.8 Å². The van der Waals surface area contributed by atoms with Gasteiger partial charge in [0.2, 0.25) is 5.75 Å². The zero-order valence-corrected chi connectivity index (χ0v) is 15.7. The largest absolute Gasteiger partial charge is 0.501 e. The van der Waals surface area contributed by atoms with Crippen LogP contribution in [0.25, 0.3) is 0 Å². The van der Waals surface area contributed by atoms with Crippen molar-refractivity contribution in [2.45, 2.75) is 19.0 Å². The van der Waals surface area contributed by atoms with Crippen LogP contribution < -0.4 is 10.9 Å². The van der Waals surface area contributed by atoms with E-state index < -0.39 is 22.8 Å². The topological polar surface area (TPSA) is 108 Å². The molecule has 1 atom stereocenters. The van der Waals surface area contributed by atoms with Crippen molar-refractivity contribution in [2.24, 2.45) is 0 Å². The second-order valence-corrected chi connectivity index (χ2v) is 6.52. The number of aromatic amines is 1. The van der Waals surface area contributed by atoms with Gasteiger partial charge in [-0.05, 0) is 38.7 Å². The van der Waals surface area contributed by atoms with E-state index in [1.807, 2.05) is 0 Å². The van der Waals surface area contributed by atoms with Gasteiger partial charge in [0.1, 0.15) is 11.6 Å². The zero-order chi connectivity index (χ0) is 20.2. The second kappa shape index (κ2) is 8.28. The number of benzene rings is 1. The van der Waals surface area contributed by atoms with Crippen molar-refractivity contribution in [1.29, 1.82) is 0 Å². The molecule has 0 saturated heterocycles. The molecule has 0 bridgehead atoms. The summed E-state index contributed by atoms with van der Waals surface area (Å²) < 4.78 is 18.2. The summed E-state index contributed by atoms with van der Waals surface area (Å²) in [6, 6.07) is 5.59. The Hall–Kier alpha value is -2.78. The lowest BCUT2D eigenvalue weighted by molar-refractivity contribution is 0.0443. The normalized spacial score (nSPS) is 13.4. The Morgan fingerprint density at radius 1 is 1.37 bits per heavy atom. The smallest absolute Gasteiger partial charge is 0.293 e. The molecular weight excluding hydrogens is 355 g/mol. The quantitative estimate of drug-likeness (QED) is 0.663. The number of nitrogens with zero attached hydrogens (tertiary/aromatic N) is 2. The van der Waals surface area contributed by atoms with Crippen LogP contribution in [0.5, 0.6) is 5.75 Å². The van der Waals surface area contributed by atoms with E-state index in [1.165, 1.54) is 31.4 Å². The molecule has 0 spiro atoms. The van der Waals surface area contributed by atoms with Crippen LogP contribution in [0.1, 0.15) is 28.8 Å². The van der Waals surface area contributed by atoms with Gasteiger partial charge < -0.3 is 20.1 Å². The van der Waals surface area contributed by atoms with E-state index in [4.69, 9.17) is 4.74 Å². The maximum atomic E-state index is 12.9. The Bertz CT molecular complexity index is 867. The summed E-state index contributed by atoms with van der Waals surface area (Å²) in [6.07, 6.45) is 0. The molecule has 1 aromatic heterocycles. The number of likely N-dealkylation sites (N-methyl/N-ethyl adjacent to an activating group) is 1. The van der Waals surface area contributed by atoms with Gasteiger partial charge in [-0.25, -0.2) is 9.37 Å². The zero-order valence-electron chi connectivity index (χ0n) is 15.7. The number of H-pyrrole nitrogens is 1. The van der Waals surface area contributed by atoms with Crippen molar-refractivity contribution >= 4 is 5.91 Å². The minimum absolute atomic E-state index is 0.0887. The van der Waals surface area contributed by atoms with Crippen molar-refractivity contribution < 1.29 is 19.0 Å². The van der Waals surface area contributed by atoms with Crippen molar-refractivity contribution in [3.05, 3.63) is 57.5 Å². The molecule has 9 heteroatoms. The molecule has 0 aliphatic carbocycles. The Balaban J connectivity index is 2.32. The van der Waals surface area contributed by atoms with Gasteiger partial charge in [-0.3, -0.25) is 14.5 Å². The van der Waals surface area contributed by atoms with E-state index in [-0.39, 0.29) is 30.5 Å². The molecule has 1 heterocycles. The summed E-state index contributed by atoms with van der Waals surface area (Å²) in [4.78, 5) is 33.0. The number of halogens is 1. The van der Waals surface area contributed by atoms with Crippen molar-refractivity contribution in [3.8, 4) is 5.75 Å². The van der Waals surface area contributed by atoms with Gasteiger partial charge in [0.25, 0.3) is 11.5 Å².